The van der Waals surface area contributed by atoms with Crippen molar-refractivity contribution in [1.29, 1.82) is 5.26 Å². The number of amides is 3. The van der Waals surface area contributed by atoms with Crippen molar-refractivity contribution in [3.8, 4) is 6.07 Å². The van der Waals surface area contributed by atoms with Crippen LogP contribution in [0.2, 0.25) is 5.02 Å². The van der Waals surface area contributed by atoms with E-state index in [1.54, 1.807) is 43.9 Å². The summed E-state index contributed by atoms with van der Waals surface area (Å²) in [7, 11) is 0. The minimum Gasteiger partial charge on any atom is -0.444 e. The molecule has 1 saturated heterocycles. The average molecular weight is 503 g/mol. The zero-order valence-corrected chi connectivity index (χ0v) is 21.5. The first kappa shape index (κ1) is 26.8. The molecule has 0 radical (unpaired) electrons. The highest BCUT2D eigenvalue weighted by Gasteiger charge is 2.54. The number of ether oxygens (including phenoxy) is 1. The Kier molecular flexibility index (Phi) is 8.65. The minimum atomic E-state index is -0.952. The number of hydrogen-bond donors (Lipinski definition) is 2. The maximum atomic E-state index is 13.8. The summed E-state index contributed by atoms with van der Waals surface area (Å²) in [4.78, 5) is 40.9. The lowest BCUT2D eigenvalue weighted by molar-refractivity contribution is -0.149. The van der Waals surface area contributed by atoms with Gasteiger partial charge in [-0.3, -0.25) is 9.59 Å². The van der Waals surface area contributed by atoms with E-state index in [1.165, 1.54) is 0 Å². The van der Waals surface area contributed by atoms with Gasteiger partial charge in [0, 0.05) is 18.1 Å². The predicted molar refractivity (Wildman–Crippen MR) is 133 cm³/mol. The first-order valence-corrected chi connectivity index (χ1v) is 12.7. The summed E-state index contributed by atoms with van der Waals surface area (Å²) in [6.45, 7) is 5.72. The van der Waals surface area contributed by atoms with Crippen LogP contribution in [0.3, 0.4) is 0 Å². The number of carbonyl (C=O) groups excluding carboxylic acids is 3. The molecule has 2 N–H and O–H groups in total. The molecule has 3 rings (SSSR count). The summed E-state index contributed by atoms with van der Waals surface area (Å²) in [6, 6.07) is 7.02. The second-order valence-electron chi connectivity index (χ2n) is 10.4. The van der Waals surface area contributed by atoms with Crippen LogP contribution in [0.25, 0.3) is 0 Å². The molecule has 2 aliphatic rings. The lowest BCUT2D eigenvalue weighted by Gasteiger charge is -2.44. The van der Waals surface area contributed by atoms with Crippen LogP contribution in [0, 0.1) is 17.2 Å². The Hall–Kier alpha value is -2.79. The molecule has 1 aromatic carbocycles. The second-order valence-corrected chi connectivity index (χ2v) is 10.8. The highest BCUT2D eigenvalue weighted by atomic mass is 35.5. The molecule has 1 aromatic rings. The van der Waals surface area contributed by atoms with E-state index < -0.39 is 17.2 Å². The summed E-state index contributed by atoms with van der Waals surface area (Å²) < 4.78 is 5.25. The zero-order valence-electron chi connectivity index (χ0n) is 20.8. The van der Waals surface area contributed by atoms with Gasteiger partial charge in [0.25, 0.3) is 0 Å². The Balaban J connectivity index is 1.77. The van der Waals surface area contributed by atoms with Crippen molar-refractivity contribution in [2.75, 3.05) is 13.1 Å². The van der Waals surface area contributed by atoms with E-state index in [1.807, 2.05) is 6.07 Å². The lowest BCUT2D eigenvalue weighted by Crippen LogP contribution is -2.63. The second kappa shape index (κ2) is 11.3. The minimum absolute atomic E-state index is 0.0562. The van der Waals surface area contributed by atoms with Crippen LogP contribution in [-0.4, -0.2) is 47.0 Å². The first-order chi connectivity index (χ1) is 16.6. The highest BCUT2D eigenvalue weighted by molar-refractivity contribution is 6.31. The monoisotopic (exact) mass is 502 g/mol. The van der Waals surface area contributed by atoms with Gasteiger partial charge in [0.2, 0.25) is 11.8 Å². The van der Waals surface area contributed by atoms with Gasteiger partial charge in [0.1, 0.15) is 17.7 Å². The molecule has 0 aromatic heterocycles. The van der Waals surface area contributed by atoms with Crippen LogP contribution in [0.1, 0.15) is 76.8 Å². The molecule has 3 amide bonds. The normalized spacial score (nSPS) is 20.7. The van der Waals surface area contributed by atoms with E-state index in [9.17, 15) is 14.4 Å². The van der Waals surface area contributed by atoms with Gasteiger partial charge in [0.05, 0.1) is 11.6 Å². The summed E-state index contributed by atoms with van der Waals surface area (Å²) in [5.41, 5.74) is -0.458. The SMILES string of the molecule is CC(C)(C)OC(=O)NCC(=O)N1CCC[C@]1(C(=O)NCc1ccc(C#N)cc1Cl)C1CCCCC1. The first-order valence-electron chi connectivity index (χ1n) is 12.3. The third-order valence-electron chi connectivity index (χ3n) is 6.80. The van der Waals surface area contributed by atoms with Gasteiger partial charge in [-0.1, -0.05) is 36.9 Å². The van der Waals surface area contributed by atoms with Crippen LogP contribution >= 0.6 is 11.6 Å². The number of benzene rings is 1. The molecule has 2 fully saturated rings. The molecule has 0 unspecified atom stereocenters. The van der Waals surface area contributed by atoms with Crippen LogP contribution in [-0.2, 0) is 20.9 Å². The van der Waals surface area contributed by atoms with Gasteiger partial charge in [-0.15, -0.1) is 0 Å². The van der Waals surface area contributed by atoms with Crippen LogP contribution in [0.5, 0.6) is 0 Å². The Morgan fingerprint density at radius 1 is 1.17 bits per heavy atom. The number of likely N-dealkylation sites (tertiary alicyclic amines) is 1. The fraction of sp³-hybridized carbons (Fsp3) is 0.615. The maximum Gasteiger partial charge on any atom is 0.408 e. The van der Waals surface area contributed by atoms with Crippen molar-refractivity contribution >= 4 is 29.5 Å². The van der Waals surface area contributed by atoms with E-state index in [4.69, 9.17) is 21.6 Å². The number of alkyl carbamates (subject to hydrolysis) is 1. The van der Waals surface area contributed by atoms with Crippen molar-refractivity contribution in [1.82, 2.24) is 15.5 Å². The van der Waals surface area contributed by atoms with E-state index in [-0.39, 0.29) is 30.8 Å². The summed E-state index contributed by atoms with van der Waals surface area (Å²) in [5.74, 6) is -0.418. The predicted octanol–water partition coefficient (Wildman–Crippen LogP) is 4.29. The van der Waals surface area contributed by atoms with Crippen molar-refractivity contribution in [3.05, 3.63) is 34.3 Å². The molecule has 0 spiro atoms. The van der Waals surface area contributed by atoms with Gasteiger partial charge in [-0.05, 0) is 70.1 Å². The maximum absolute atomic E-state index is 13.8. The molecular weight excluding hydrogens is 468 g/mol. The number of carbonyl (C=O) groups is 3. The number of nitrogens with zero attached hydrogens (tertiary/aromatic N) is 2. The fourth-order valence-corrected chi connectivity index (χ4v) is 5.51. The van der Waals surface area contributed by atoms with Crippen molar-refractivity contribution in [2.45, 2.75) is 83.4 Å². The molecule has 9 heteroatoms. The topological polar surface area (TPSA) is 112 Å². The molecule has 1 heterocycles. The Morgan fingerprint density at radius 2 is 1.89 bits per heavy atom. The summed E-state index contributed by atoms with van der Waals surface area (Å²) >= 11 is 6.31. The third-order valence-corrected chi connectivity index (χ3v) is 7.15. The summed E-state index contributed by atoms with van der Waals surface area (Å²) in [5, 5.41) is 15.0. The molecule has 0 bridgehead atoms. The number of halogens is 1. The van der Waals surface area contributed by atoms with Crippen LogP contribution in [0.4, 0.5) is 4.79 Å². The Labute approximate surface area is 212 Å². The molecule has 1 saturated carbocycles. The van der Waals surface area contributed by atoms with E-state index >= 15 is 0 Å². The van der Waals surface area contributed by atoms with Crippen molar-refractivity contribution in [3.63, 3.8) is 0 Å². The van der Waals surface area contributed by atoms with Gasteiger partial charge >= 0.3 is 6.09 Å². The molecule has 1 atom stereocenters. The van der Waals surface area contributed by atoms with Crippen LogP contribution < -0.4 is 10.6 Å². The van der Waals surface area contributed by atoms with Crippen molar-refractivity contribution in [2.24, 2.45) is 5.92 Å². The smallest absolute Gasteiger partial charge is 0.408 e. The van der Waals surface area contributed by atoms with Crippen LogP contribution in [0.15, 0.2) is 18.2 Å². The molecule has 8 nitrogen and oxygen atoms in total. The standard InChI is InChI=1S/C26H35ClN4O4/c1-25(2,3)35-24(34)30-17-22(32)31-13-7-12-26(31,20-8-5-4-6-9-20)23(33)29-16-19-11-10-18(15-28)14-21(19)27/h10-11,14,20H,4-9,12-13,16-17H2,1-3H3,(H,29,33)(H,30,34)/t26-/m1/s1. The average Bonchev–Trinajstić information content (AvgIpc) is 3.27. The number of hydrogen-bond acceptors (Lipinski definition) is 5. The van der Waals surface area contributed by atoms with Gasteiger partial charge in [-0.2, -0.15) is 5.26 Å². The van der Waals surface area contributed by atoms with Gasteiger partial charge in [0.15, 0.2) is 0 Å². The fourth-order valence-electron chi connectivity index (χ4n) is 5.26. The summed E-state index contributed by atoms with van der Waals surface area (Å²) in [6.07, 6.45) is 5.60. The zero-order chi connectivity index (χ0) is 25.6. The molecule has 1 aliphatic heterocycles. The van der Waals surface area contributed by atoms with Gasteiger partial charge in [-0.25, -0.2) is 4.79 Å². The molecular formula is C26H35ClN4O4. The molecule has 1 aliphatic carbocycles. The van der Waals surface area contributed by atoms with Crippen molar-refractivity contribution < 1.29 is 19.1 Å². The Bertz CT molecular complexity index is 994. The Morgan fingerprint density at radius 3 is 2.51 bits per heavy atom. The van der Waals surface area contributed by atoms with E-state index in [0.717, 1.165) is 38.5 Å². The molecule has 190 valence electrons. The molecule has 35 heavy (non-hydrogen) atoms. The third kappa shape index (κ3) is 6.46. The number of rotatable bonds is 6. The largest absolute Gasteiger partial charge is 0.444 e. The van der Waals surface area contributed by atoms with E-state index in [2.05, 4.69) is 10.6 Å². The highest BCUT2D eigenvalue weighted by Crippen LogP contribution is 2.43. The number of nitriles is 1. The van der Waals surface area contributed by atoms with E-state index in [0.29, 0.717) is 29.1 Å². The lowest BCUT2D eigenvalue weighted by atomic mass is 9.72. The van der Waals surface area contributed by atoms with Gasteiger partial charge < -0.3 is 20.3 Å². The quantitative estimate of drug-likeness (QED) is 0.602. The number of nitrogens with one attached hydrogen (secondary N) is 2.